The predicted octanol–water partition coefficient (Wildman–Crippen LogP) is 3.93. The monoisotopic (exact) mass is 236 g/mol. The van der Waals surface area contributed by atoms with Crippen molar-refractivity contribution < 1.29 is 0 Å². The second-order valence-corrected chi connectivity index (χ2v) is 5.14. The van der Waals surface area contributed by atoms with Gasteiger partial charge < -0.3 is 5.32 Å². The minimum Gasteiger partial charge on any atom is -0.391 e. The molecule has 0 aliphatic heterocycles. The van der Waals surface area contributed by atoms with Gasteiger partial charge in [0.2, 0.25) is 0 Å². The zero-order valence-corrected chi connectivity index (χ0v) is 12.0. The van der Waals surface area contributed by atoms with E-state index in [1.807, 2.05) is 0 Å². The Morgan fingerprint density at radius 2 is 1.82 bits per heavy atom. The number of rotatable bonds is 4. The highest BCUT2D eigenvalue weighted by atomic mass is 14.8. The van der Waals surface area contributed by atoms with Crippen molar-refractivity contribution in [1.29, 1.82) is 0 Å². The lowest BCUT2D eigenvalue weighted by atomic mass is 9.89. The Bertz CT molecular complexity index is 287. The Kier molecular flexibility index (Phi) is 6.31. The molecule has 1 aliphatic rings. The maximum Gasteiger partial charge on any atom is 0.0422 e. The average Bonchev–Trinajstić information content (AvgIpc) is 2.27. The quantitative estimate of drug-likeness (QED) is 0.735. The molecule has 0 saturated heterocycles. The van der Waals surface area contributed by atoms with Crippen molar-refractivity contribution in [1.82, 2.24) is 5.32 Å². The smallest absolute Gasteiger partial charge is 0.0422 e. The van der Waals surface area contributed by atoms with E-state index in [0.29, 0.717) is 5.92 Å². The molecule has 0 amide bonds. The van der Waals surface area contributed by atoms with Crippen LogP contribution < -0.4 is 5.32 Å². The molecule has 98 valence electrons. The summed E-state index contributed by atoms with van der Waals surface area (Å²) in [6.07, 6.45) is 7.78. The minimum absolute atomic E-state index is 0.535. The Morgan fingerprint density at radius 1 is 1.18 bits per heavy atom. The third-order valence-electron chi connectivity index (χ3n) is 3.45. The van der Waals surface area contributed by atoms with E-state index in [-0.39, 0.29) is 0 Å². The summed E-state index contributed by atoms with van der Waals surface area (Å²) in [5.74, 6) is 0.535. The van der Waals surface area contributed by atoms with Crippen LogP contribution >= 0.6 is 0 Å². The minimum atomic E-state index is 0.535. The van der Waals surface area contributed by atoms with E-state index >= 15 is 0 Å². The first kappa shape index (κ1) is 14.3. The van der Waals surface area contributed by atoms with Gasteiger partial charge in [-0.15, -0.1) is 0 Å². The van der Waals surface area contributed by atoms with Crippen LogP contribution in [-0.2, 0) is 0 Å². The van der Waals surface area contributed by atoms with Crippen LogP contribution in [0.2, 0.25) is 0 Å². The standard InChI is InChI=1S/C15H28N2/c1-5-17-15(12(2)3)13-10-8-6-7-9-11-14(13)16-4/h12,16H,5-11H2,1-4H3. The van der Waals surface area contributed by atoms with Crippen molar-refractivity contribution in [3.63, 3.8) is 0 Å². The number of hydrogen-bond acceptors (Lipinski definition) is 2. The maximum absolute atomic E-state index is 4.74. The molecule has 0 saturated carbocycles. The van der Waals surface area contributed by atoms with E-state index < -0.39 is 0 Å². The van der Waals surface area contributed by atoms with Gasteiger partial charge in [-0.2, -0.15) is 0 Å². The maximum atomic E-state index is 4.74. The van der Waals surface area contributed by atoms with Gasteiger partial charge in [-0.25, -0.2) is 0 Å². The highest BCUT2D eigenvalue weighted by Gasteiger charge is 2.16. The predicted molar refractivity (Wildman–Crippen MR) is 76.6 cm³/mol. The summed E-state index contributed by atoms with van der Waals surface area (Å²) in [4.78, 5) is 4.74. The first-order valence-corrected chi connectivity index (χ1v) is 7.15. The zero-order valence-electron chi connectivity index (χ0n) is 12.0. The van der Waals surface area contributed by atoms with Gasteiger partial charge in [0.1, 0.15) is 0 Å². The molecule has 0 aromatic heterocycles. The number of allylic oxidation sites excluding steroid dienone is 2. The van der Waals surface area contributed by atoms with Crippen molar-refractivity contribution in [3.05, 3.63) is 11.3 Å². The summed E-state index contributed by atoms with van der Waals surface area (Å²) in [6.45, 7) is 7.54. The highest BCUT2D eigenvalue weighted by Crippen LogP contribution is 2.25. The zero-order chi connectivity index (χ0) is 12.7. The molecule has 1 N–H and O–H groups in total. The van der Waals surface area contributed by atoms with Gasteiger partial charge in [0.25, 0.3) is 0 Å². The molecule has 2 nitrogen and oxygen atoms in total. The van der Waals surface area contributed by atoms with Crippen molar-refractivity contribution in [3.8, 4) is 0 Å². The molecule has 0 aromatic rings. The largest absolute Gasteiger partial charge is 0.391 e. The third kappa shape index (κ3) is 4.18. The molecule has 1 aliphatic carbocycles. The van der Waals surface area contributed by atoms with Gasteiger partial charge in [0.15, 0.2) is 0 Å². The molecule has 0 bridgehead atoms. The molecule has 0 radical (unpaired) electrons. The van der Waals surface area contributed by atoms with Crippen LogP contribution in [0.5, 0.6) is 0 Å². The van der Waals surface area contributed by atoms with E-state index in [1.165, 1.54) is 55.5 Å². The molecule has 0 unspecified atom stereocenters. The van der Waals surface area contributed by atoms with Gasteiger partial charge in [-0.1, -0.05) is 26.7 Å². The number of aliphatic imine (C=N–C) groups is 1. The van der Waals surface area contributed by atoms with Crippen LogP contribution in [0.25, 0.3) is 0 Å². The average molecular weight is 236 g/mol. The van der Waals surface area contributed by atoms with Crippen LogP contribution in [-0.4, -0.2) is 19.3 Å². The van der Waals surface area contributed by atoms with Crippen LogP contribution in [0.4, 0.5) is 0 Å². The van der Waals surface area contributed by atoms with Crippen molar-refractivity contribution in [2.45, 2.75) is 59.3 Å². The fourth-order valence-electron chi connectivity index (χ4n) is 2.61. The summed E-state index contributed by atoms with van der Waals surface area (Å²) in [5.41, 5.74) is 4.27. The fraction of sp³-hybridized carbons (Fsp3) is 0.800. The summed E-state index contributed by atoms with van der Waals surface area (Å²) in [7, 11) is 2.06. The summed E-state index contributed by atoms with van der Waals surface area (Å²) in [6, 6.07) is 0. The van der Waals surface area contributed by atoms with E-state index in [9.17, 15) is 0 Å². The van der Waals surface area contributed by atoms with Crippen LogP contribution in [0, 0.1) is 5.92 Å². The second-order valence-electron chi connectivity index (χ2n) is 5.14. The molecule has 0 spiro atoms. The number of nitrogens with zero attached hydrogens (tertiary/aromatic N) is 1. The van der Waals surface area contributed by atoms with E-state index in [0.717, 1.165) is 6.54 Å². The summed E-state index contributed by atoms with van der Waals surface area (Å²) < 4.78 is 0. The van der Waals surface area contributed by atoms with E-state index in [2.05, 4.69) is 33.1 Å². The van der Waals surface area contributed by atoms with Crippen LogP contribution in [0.1, 0.15) is 59.3 Å². The van der Waals surface area contributed by atoms with Gasteiger partial charge in [-0.05, 0) is 44.1 Å². The Hall–Kier alpha value is -0.790. The fourth-order valence-corrected chi connectivity index (χ4v) is 2.61. The lowest BCUT2D eigenvalue weighted by molar-refractivity contribution is 0.600. The molecule has 0 fully saturated rings. The SMILES string of the molecule is CCN=C(C1=C(NC)CCCCCC1)C(C)C. The molecular formula is C15H28N2. The van der Waals surface area contributed by atoms with Crippen LogP contribution in [0.15, 0.2) is 16.3 Å². The Labute approximate surface area is 107 Å². The second kappa shape index (κ2) is 7.52. The van der Waals surface area contributed by atoms with Crippen LogP contribution in [0.3, 0.4) is 0 Å². The van der Waals surface area contributed by atoms with Crippen molar-refractivity contribution in [2.24, 2.45) is 10.9 Å². The highest BCUT2D eigenvalue weighted by molar-refractivity contribution is 6.02. The molecule has 17 heavy (non-hydrogen) atoms. The molecule has 0 atom stereocenters. The Morgan fingerprint density at radius 3 is 2.35 bits per heavy atom. The van der Waals surface area contributed by atoms with Crippen molar-refractivity contribution in [2.75, 3.05) is 13.6 Å². The number of hydrogen-bond donors (Lipinski definition) is 1. The molecule has 2 heteroatoms. The molecular weight excluding hydrogens is 208 g/mol. The van der Waals surface area contributed by atoms with Gasteiger partial charge in [0, 0.05) is 25.0 Å². The molecule has 0 aromatic carbocycles. The number of nitrogens with one attached hydrogen (secondary N) is 1. The van der Waals surface area contributed by atoms with E-state index in [1.54, 1.807) is 0 Å². The van der Waals surface area contributed by atoms with Crippen molar-refractivity contribution >= 4 is 5.71 Å². The third-order valence-corrected chi connectivity index (χ3v) is 3.45. The Balaban J connectivity index is 3.03. The normalized spacial score (nSPS) is 19.2. The molecule has 0 heterocycles. The summed E-state index contributed by atoms with van der Waals surface area (Å²) >= 11 is 0. The first-order valence-electron chi connectivity index (χ1n) is 7.15. The van der Waals surface area contributed by atoms with Gasteiger partial charge >= 0.3 is 0 Å². The van der Waals surface area contributed by atoms with E-state index in [4.69, 9.17) is 4.99 Å². The lowest BCUT2D eigenvalue weighted by Crippen LogP contribution is -2.20. The first-order chi connectivity index (χ1) is 8.20. The van der Waals surface area contributed by atoms with Gasteiger partial charge in [0.05, 0.1) is 0 Å². The summed E-state index contributed by atoms with van der Waals surface area (Å²) in [5, 5.41) is 3.41. The van der Waals surface area contributed by atoms with Gasteiger partial charge in [-0.3, -0.25) is 4.99 Å². The molecule has 1 rings (SSSR count). The topological polar surface area (TPSA) is 24.4 Å². The lowest BCUT2D eigenvalue weighted by Gasteiger charge is -2.22.